The van der Waals surface area contributed by atoms with Crippen LogP contribution in [0.3, 0.4) is 0 Å². The summed E-state index contributed by atoms with van der Waals surface area (Å²) in [6.07, 6.45) is 7.90. The third kappa shape index (κ3) is 6.04. The first kappa shape index (κ1) is 19.1. The van der Waals surface area contributed by atoms with E-state index in [-0.39, 0.29) is 9.41 Å². The molecule has 0 aromatic heterocycles. The minimum atomic E-state index is -1.37. The van der Waals surface area contributed by atoms with Gasteiger partial charge in [0.25, 0.3) is 6.79 Å². The van der Waals surface area contributed by atoms with Crippen LogP contribution >= 0.6 is 0 Å². The molecule has 0 saturated carbocycles. The molecule has 0 aliphatic heterocycles. The molecule has 0 saturated heterocycles. The average molecular weight is 250 g/mol. The third-order valence-electron chi connectivity index (χ3n) is 1.57. The molecule has 0 spiro atoms. The molecule has 0 bridgehead atoms. The summed E-state index contributed by atoms with van der Waals surface area (Å²) in [6.45, 7) is 4.50. The second-order valence-corrected chi connectivity index (χ2v) is 12.9. The Morgan fingerprint density at radius 2 is 1.57 bits per heavy atom. The monoisotopic (exact) mass is 250 g/mol. The van der Waals surface area contributed by atoms with Crippen molar-refractivity contribution in [1.82, 2.24) is 0 Å². The van der Waals surface area contributed by atoms with Crippen LogP contribution in [0.25, 0.3) is 0 Å². The van der Waals surface area contributed by atoms with E-state index in [1.54, 1.807) is 4.51 Å². The van der Waals surface area contributed by atoms with Crippen LogP contribution in [0, 0.1) is 0 Å². The molecule has 4 heteroatoms. The van der Waals surface area contributed by atoms with Crippen molar-refractivity contribution in [2.24, 2.45) is 0 Å². The Labute approximate surface area is 85.6 Å². The Bertz CT molecular complexity index is 217. The zero-order chi connectivity index (χ0) is 9.85. The van der Waals surface area contributed by atoms with Crippen LogP contribution in [0.5, 0.6) is 0 Å². The summed E-state index contributed by atoms with van der Waals surface area (Å²) in [5, 5.41) is 0. The van der Waals surface area contributed by atoms with Crippen LogP contribution < -0.4 is 9.41 Å². The normalized spacial score (nSPS) is 16.0. The van der Waals surface area contributed by atoms with E-state index in [1.165, 1.54) is 6.42 Å². The Hall–Kier alpha value is -0.484. The first-order valence-corrected chi connectivity index (χ1v) is 8.11. The zero-order valence-corrected chi connectivity index (χ0v) is 9.98. The van der Waals surface area contributed by atoms with Crippen LogP contribution in [0.4, 0.5) is 0 Å². The Morgan fingerprint density at radius 3 is 1.71 bits per heavy atom. The Morgan fingerprint density at radius 1 is 1.14 bits per heavy atom. The molecule has 0 aromatic rings. The minimum absolute atomic E-state index is 0. The Balaban J connectivity index is -0.000000284. The van der Waals surface area contributed by atoms with Gasteiger partial charge in [-0.25, -0.2) is 0 Å². The van der Waals surface area contributed by atoms with Gasteiger partial charge in [0, 0.05) is 0 Å². The molecule has 14 heavy (non-hydrogen) atoms. The van der Waals surface area contributed by atoms with E-state index >= 15 is 0 Å². The van der Waals surface area contributed by atoms with E-state index < -0.39 is 11.6 Å². The van der Waals surface area contributed by atoms with Crippen LogP contribution in [-0.2, 0) is 16.4 Å². The van der Waals surface area contributed by atoms with Gasteiger partial charge in [0.15, 0.2) is 0 Å². The molecule has 0 fully saturated rings. The number of carbonyl (C=O) groups excluding carboxylic acids is 1. The fourth-order valence-corrected chi connectivity index (χ4v) is 2.67. The van der Waals surface area contributed by atoms with Crippen LogP contribution in [-0.4, -0.2) is 6.79 Å². The zero-order valence-electron chi connectivity index (χ0n) is 8.94. The van der Waals surface area contributed by atoms with E-state index in [9.17, 15) is 0 Å². The van der Waals surface area contributed by atoms with Crippen molar-refractivity contribution >= 4 is 6.79 Å². The molecule has 0 heterocycles. The van der Waals surface area contributed by atoms with Crippen molar-refractivity contribution in [1.29, 1.82) is 0 Å². The van der Waals surface area contributed by atoms with E-state index in [0.29, 0.717) is 0 Å². The second kappa shape index (κ2) is 6.09. The van der Waals surface area contributed by atoms with E-state index in [1.807, 2.05) is 0 Å². The molecule has 2 radical (unpaired) electrons. The van der Waals surface area contributed by atoms with Crippen molar-refractivity contribution in [3.05, 3.63) is 22.7 Å². The summed E-state index contributed by atoms with van der Waals surface area (Å²) >= 11 is -1.37. The van der Waals surface area contributed by atoms with Crippen molar-refractivity contribution in [2.45, 2.75) is 29.9 Å². The van der Waals surface area contributed by atoms with Gasteiger partial charge in [-0.15, -0.1) is 0 Å². The predicted octanol–water partition coefficient (Wildman–Crippen LogP) is -2.68. The molecule has 1 aliphatic carbocycles. The van der Waals surface area contributed by atoms with E-state index in [0.717, 1.165) is 0 Å². The standard InChI is InChI=1S/C5H5.CO.4CH3.Co.2FH/c1-2-4-5-3-1;1-2;;;;;;;/h1-3H,4H2;;4*1H3;;2*1H/q;;;;;;+2;;/p-2. The first-order chi connectivity index (χ1) is 5.36. The maximum absolute atomic E-state index is 7.50. The fraction of sp³-hybridized carbons (Fsp3) is 0.500. The third-order valence-corrected chi connectivity index (χ3v) is 4.63. The summed E-state index contributed by atoms with van der Waals surface area (Å²) in [4.78, 5) is 7.50. The summed E-state index contributed by atoms with van der Waals surface area (Å²) in [6, 6.07) is 0. The number of hydrogen-bond donors (Lipinski definition) is 0. The molecule has 0 aromatic carbocycles. The molecule has 0 atom stereocenters. The SMILES string of the molecule is [CH3][Co+2]([CH3])([CH3])([CH3])[C]1=CC=CC1.[C]=O.[F-].[F-]. The van der Waals surface area contributed by atoms with Crippen molar-refractivity contribution < 1.29 is 25.8 Å². The molecule has 1 rings (SSSR count). The topological polar surface area (TPSA) is 17.1 Å². The number of hydrogen-bond acceptors (Lipinski definition) is 1. The molecule has 1 aliphatic rings. The van der Waals surface area contributed by atoms with Gasteiger partial charge in [0.1, 0.15) is 0 Å². The van der Waals surface area contributed by atoms with Crippen molar-refractivity contribution in [3.8, 4) is 0 Å². The smallest absolute Gasteiger partial charge is 0.281 e. The van der Waals surface area contributed by atoms with Gasteiger partial charge in [-0.1, -0.05) is 0 Å². The average Bonchev–Trinajstić information content (AvgIpc) is 2.39. The van der Waals surface area contributed by atoms with Crippen molar-refractivity contribution in [2.75, 3.05) is 0 Å². The van der Waals surface area contributed by atoms with E-state index in [4.69, 9.17) is 4.79 Å². The van der Waals surface area contributed by atoms with Gasteiger partial charge in [0.05, 0.1) is 0 Å². The van der Waals surface area contributed by atoms with Crippen LogP contribution in [0.1, 0.15) is 6.42 Å². The molecule has 1 nitrogen and oxygen atoms in total. The largest absolute Gasteiger partial charge is 1.00 e. The molecule has 86 valence electrons. The van der Waals surface area contributed by atoms with Gasteiger partial charge in [-0.2, -0.15) is 0 Å². The van der Waals surface area contributed by atoms with E-state index in [2.05, 4.69) is 48.4 Å². The predicted molar refractivity (Wildman–Crippen MR) is 51.0 cm³/mol. The second-order valence-electron chi connectivity index (χ2n) is 3.88. The number of allylic oxidation sites excluding steroid dienone is 4. The van der Waals surface area contributed by atoms with Gasteiger partial charge >= 0.3 is 64.2 Å². The quantitative estimate of drug-likeness (QED) is 0.496. The minimum Gasteiger partial charge on any atom is -1.00 e. The maximum Gasteiger partial charge on any atom is 0.281 e. The first-order valence-electron chi connectivity index (χ1n) is 3.42. The Kier molecular flexibility index (Phi) is 8.32. The molecular formula is C10H17CoF2O. The summed E-state index contributed by atoms with van der Waals surface area (Å²) in [5.74, 6) is 9.62. The van der Waals surface area contributed by atoms with Gasteiger partial charge in [0.2, 0.25) is 0 Å². The molecule has 0 unspecified atom stereocenters. The number of rotatable bonds is 1. The van der Waals surface area contributed by atoms with Crippen LogP contribution in [0.2, 0.25) is 23.4 Å². The van der Waals surface area contributed by atoms with Crippen LogP contribution in [0.15, 0.2) is 22.7 Å². The van der Waals surface area contributed by atoms with Gasteiger partial charge in [-0.3, -0.25) is 4.79 Å². The molecule has 0 amide bonds. The summed E-state index contributed by atoms with van der Waals surface area (Å²) in [5.41, 5.74) is 0. The van der Waals surface area contributed by atoms with Gasteiger partial charge < -0.3 is 9.41 Å². The van der Waals surface area contributed by atoms with Crippen molar-refractivity contribution in [3.63, 3.8) is 0 Å². The summed E-state index contributed by atoms with van der Waals surface area (Å²) in [7, 11) is 0. The number of halogens is 2. The van der Waals surface area contributed by atoms with Gasteiger partial charge in [-0.05, 0) is 0 Å². The molecular weight excluding hydrogens is 233 g/mol. The summed E-state index contributed by atoms with van der Waals surface area (Å²) < 4.78 is 1.66. The fourth-order valence-electron chi connectivity index (χ4n) is 0.906. The molecule has 0 N–H and O–H groups in total. The maximum atomic E-state index is 7.50.